The quantitative estimate of drug-likeness (QED) is 0.650. The van der Waals surface area contributed by atoms with Crippen LogP contribution in [0.3, 0.4) is 0 Å². The van der Waals surface area contributed by atoms with Crippen LogP contribution in [0.2, 0.25) is 0 Å². The van der Waals surface area contributed by atoms with Gasteiger partial charge in [-0.05, 0) is 37.8 Å². The molecule has 2 atom stereocenters. The van der Waals surface area contributed by atoms with Crippen molar-refractivity contribution in [3.05, 3.63) is 0 Å². The van der Waals surface area contributed by atoms with Gasteiger partial charge in [-0.3, -0.25) is 9.69 Å². The summed E-state index contributed by atoms with van der Waals surface area (Å²) in [7, 11) is 0. The van der Waals surface area contributed by atoms with E-state index in [1.165, 1.54) is 0 Å². The van der Waals surface area contributed by atoms with Gasteiger partial charge in [0.1, 0.15) is 6.04 Å². The third-order valence-corrected chi connectivity index (χ3v) is 3.55. The number of carboxylic acids is 1. The Morgan fingerprint density at radius 3 is 1.76 bits per heavy atom. The molecule has 0 aromatic rings. The highest BCUT2D eigenvalue weighted by atomic mass is 16.4. The minimum atomic E-state index is -0.974. The Bertz CT molecular complexity index is 323. The molecule has 124 valence electrons. The molecule has 2 unspecified atom stereocenters. The summed E-state index contributed by atoms with van der Waals surface area (Å²) in [6, 6.07) is -1.10. The molecule has 1 amide bonds. The number of nitrogens with zero attached hydrogens (tertiary/aromatic N) is 1. The smallest absolute Gasteiger partial charge is 0.326 e. The van der Waals surface area contributed by atoms with Crippen molar-refractivity contribution in [2.75, 3.05) is 13.1 Å². The predicted molar refractivity (Wildman–Crippen MR) is 85.2 cm³/mol. The van der Waals surface area contributed by atoms with Gasteiger partial charge in [0.05, 0.1) is 6.04 Å². The van der Waals surface area contributed by atoms with Crippen molar-refractivity contribution in [3.8, 4) is 0 Å². The molecule has 0 saturated carbocycles. The van der Waals surface area contributed by atoms with Crippen molar-refractivity contribution in [1.82, 2.24) is 10.2 Å². The van der Waals surface area contributed by atoms with E-state index in [2.05, 4.69) is 24.1 Å². The number of nitrogens with one attached hydrogen (secondary N) is 1. The summed E-state index contributed by atoms with van der Waals surface area (Å²) in [5.41, 5.74) is 0. The van der Waals surface area contributed by atoms with Crippen molar-refractivity contribution in [2.45, 2.75) is 66.5 Å². The molecule has 0 spiro atoms. The molecule has 0 radical (unpaired) electrons. The summed E-state index contributed by atoms with van der Waals surface area (Å²) in [4.78, 5) is 26.0. The number of hydrogen-bond donors (Lipinski definition) is 2. The van der Waals surface area contributed by atoms with Gasteiger partial charge in [0, 0.05) is 0 Å². The first kappa shape index (κ1) is 19.9. The molecular formula is C16H32N2O3. The SMILES string of the molecule is CCCN(CCC)C(C(=O)NC(C(=O)O)C(C)C)C(C)C. The van der Waals surface area contributed by atoms with E-state index in [1.54, 1.807) is 13.8 Å². The van der Waals surface area contributed by atoms with Crippen molar-refractivity contribution < 1.29 is 14.7 Å². The largest absolute Gasteiger partial charge is 0.480 e. The molecule has 5 nitrogen and oxygen atoms in total. The average Bonchev–Trinajstić information content (AvgIpc) is 2.35. The van der Waals surface area contributed by atoms with E-state index in [0.29, 0.717) is 0 Å². The van der Waals surface area contributed by atoms with Crippen LogP contribution in [0, 0.1) is 11.8 Å². The van der Waals surface area contributed by atoms with Gasteiger partial charge in [0.25, 0.3) is 0 Å². The van der Waals surface area contributed by atoms with Gasteiger partial charge in [-0.1, -0.05) is 41.5 Å². The van der Waals surface area contributed by atoms with Crippen LogP contribution >= 0.6 is 0 Å². The van der Waals surface area contributed by atoms with Crippen LogP contribution in [-0.4, -0.2) is 47.1 Å². The summed E-state index contributed by atoms with van der Waals surface area (Å²) in [5.74, 6) is -1.14. The predicted octanol–water partition coefficient (Wildman–Crippen LogP) is 2.36. The summed E-state index contributed by atoms with van der Waals surface area (Å²) < 4.78 is 0. The molecule has 2 N–H and O–H groups in total. The highest BCUT2D eigenvalue weighted by molar-refractivity contribution is 5.87. The first-order valence-corrected chi connectivity index (χ1v) is 8.03. The van der Waals surface area contributed by atoms with Crippen LogP contribution in [0.4, 0.5) is 0 Å². The molecule has 0 heterocycles. The standard InChI is InChI=1S/C16H32N2O3/c1-7-9-18(10-8-2)14(12(5)6)15(19)17-13(11(3)4)16(20)21/h11-14H,7-10H2,1-6H3,(H,17,19)(H,20,21). The molecule has 0 aliphatic heterocycles. The highest BCUT2D eigenvalue weighted by Crippen LogP contribution is 2.14. The third kappa shape index (κ3) is 6.46. The molecule has 0 aliphatic carbocycles. The van der Waals surface area contributed by atoms with E-state index in [1.807, 2.05) is 13.8 Å². The lowest BCUT2D eigenvalue weighted by Gasteiger charge is -2.34. The van der Waals surface area contributed by atoms with Gasteiger partial charge < -0.3 is 10.4 Å². The minimum absolute atomic E-state index is 0.134. The van der Waals surface area contributed by atoms with Gasteiger partial charge in [-0.2, -0.15) is 0 Å². The average molecular weight is 300 g/mol. The Morgan fingerprint density at radius 2 is 1.48 bits per heavy atom. The minimum Gasteiger partial charge on any atom is -0.480 e. The monoisotopic (exact) mass is 300 g/mol. The summed E-state index contributed by atoms with van der Waals surface area (Å²) >= 11 is 0. The van der Waals surface area contributed by atoms with Crippen molar-refractivity contribution in [3.63, 3.8) is 0 Å². The first-order valence-electron chi connectivity index (χ1n) is 8.03. The Kier molecular flexibility index (Phi) is 9.26. The van der Waals surface area contributed by atoms with Crippen LogP contribution in [0.1, 0.15) is 54.4 Å². The Hall–Kier alpha value is -1.10. The number of amides is 1. The van der Waals surface area contributed by atoms with E-state index in [9.17, 15) is 14.7 Å². The van der Waals surface area contributed by atoms with E-state index in [-0.39, 0.29) is 23.8 Å². The molecule has 0 rings (SSSR count). The number of rotatable bonds is 10. The summed E-state index contributed by atoms with van der Waals surface area (Å²) in [6.45, 7) is 13.5. The van der Waals surface area contributed by atoms with E-state index in [0.717, 1.165) is 25.9 Å². The fourth-order valence-corrected chi connectivity index (χ4v) is 2.61. The van der Waals surface area contributed by atoms with Crippen LogP contribution < -0.4 is 5.32 Å². The molecule has 0 saturated heterocycles. The first-order chi connectivity index (χ1) is 9.76. The third-order valence-electron chi connectivity index (χ3n) is 3.55. The lowest BCUT2D eigenvalue weighted by Crippen LogP contribution is -2.55. The number of carbonyl (C=O) groups is 2. The number of carboxylic acid groups (broad SMARTS) is 1. The van der Waals surface area contributed by atoms with Crippen LogP contribution in [0.5, 0.6) is 0 Å². The second kappa shape index (κ2) is 9.77. The zero-order chi connectivity index (χ0) is 16.6. The van der Waals surface area contributed by atoms with Gasteiger partial charge in [-0.25, -0.2) is 4.79 Å². The summed E-state index contributed by atoms with van der Waals surface area (Å²) in [5, 5.41) is 11.9. The zero-order valence-electron chi connectivity index (χ0n) is 14.3. The molecule has 21 heavy (non-hydrogen) atoms. The van der Waals surface area contributed by atoms with E-state index < -0.39 is 12.0 Å². The normalized spacial score (nSPS) is 14.5. The number of carbonyl (C=O) groups excluding carboxylic acids is 1. The Labute approximate surface area is 129 Å². The fourth-order valence-electron chi connectivity index (χ4n) is 2.61. The number of hydrogen-bond acceptors (Lipinski definition) is 3. The second-order valence-corrected chi connectivity index (χ2v) is 6.29. The van der Waals surface area contributed by atoms with Crippen molar-refractivity contribution >= 4 is 11.9 Å². The topological polar surface area (TPSA) is 69.6 Å². The molecule has 0 fully saturated rings. The van der Waals surface area contributed by atoms with Crippen molar-refractivity contribution in [1.29, 1.82) is 0 Å². The molecule has 0 aromatic carbocycles. The van der Waals surface area contributed by atoms with Gasteiger partial charge >= 0.3 is 5.97 Å². The maximum absolute atomic E-state index is 12.6. The highest BCUT2D eigenvalue weighted by Gasteiger charge is 2.32. The molecule has 0 aliphatic rings. The van der Waals surface area contributed by atoms with Crippen LogP contribution in [0.25, 0.3) is 0 Å². The molecule has 0 aromatic heterocycles. The van der Waals surface area contributed by atoms with Crippen LogP contribution in [-0.2, 0) is 9.59 Å². The maximum Gasteiger partial charge on any atom is 0.326 e. The van der Waals surface area contributed by atoms with Gasteiger partial charge in [0.2, 0.25) is 5.91 Å². The second-order valence-electron chi connectivity index (χ2n) is 6.29. The zero-order valence-corrected chi connectivity index (χ0v) is 14.3. The molecule has 5 heteroatoms. The van der Waals surface area contributed by atoms with E-state index in [4.69, 9.17) is 0 Å². The lowest BCUT2D eigenvalue weighted by atomic mass is 9.98. The Balaban J connectivity index is 5.08. The molecule has 0 bridgehead atoms. The van der Waals surface area contributed by atoms with Gasteiger partial charge in [0.15, 0.2) is 0 Å². The Morgan fingerprint density at radius 1 is 1.00 bits per heavy atom. The summed E-state index contributed by atoms with van der Waals surface area (Å²) in [6.07, 6.45) is 1.95. The van der Waals surface area contributed by atoms with Crippen LogP contribution in [0.15, 0.2) is 0 Å². The fraction of sp³-hybridized carbons (Fsp3) is 0.875. The number of aliphatic carboxylic acids is 1. The van der Waals surface area contributed by atoms with Gasteiger partial charge in [-0.15, -0.1) is 0 Å². The maximum atomic E-state index is 12.6. The van der Waals surface area contributed by atoms with Crippen molar-refractivity contribution in [2.24, 2.45) is 11.8 Å². The lowest BCUT2D eigenvalue weighted by molar-refractivity contribution is -0.144. The van der Waals surface area contributed by atoms with E-state index >= 15 is 0 Å². The molecular weight excluding hydrogens is 268 g/mol.